The fourth-order valence-electron chi connectivity index (χ4n) is 1.35. The smallest absolute Gasteiger partial charge is 0.352 e. The van der Waals surface area contributed by atoms with E-state index in [4.69, 9.17) is 0 Å². The topological polar surface area (TPSA) is 41.1 Å². The molecule has 5 heteroatoms. The molecule has 1 N–H and O–H groups in total. The standard InChI is InChI=1S/C8H9N3O.BrH/c1-6-5-11-4-3-10(2)8(11)7(12)9-6;/h3-5H,1-2H3;1H. The van der Waals surface area contributed by atoms with Gasteiger partial charge in [-0.3, -0.25) is 4.79 Å². The van der Waals surface area contributed by atoms with Crippen molar-refractivity contribution in [2.45, 2.75) is 6.92 Å². The molecule has 2 heterocycles. The van der Waals surface area contributed by atoms with Crippen LogP contribution >= 0.6 is 0 Å². The maximum atomic E-state index is 11.4. The molecule has 0 aliphatic carbocycles. The molecule has 0 amide bonds. The third-order valence-electron chi connectivity index (χ3n) is 1.88. The number of aromatic nitrogens is 3. The second kappa shape index (κ2) is 3.33. The van der Waals surface area contributed by atoms with E-state index in [9.17, 15) is 4.79 Å². The van der Waals surface area contributed by atoms with Gasteiger partial charge in [0.2, 0.25) is 0 Å². The third kappa shape index (κ3) is 1.51. The Balaban J connectivity index is 0.000000845. The van der Waals surface area contributed by atoms with E-state index in [2.05, 4.69) is 4.98 Å². The number of aryl methyl sites for hydroxylation is 2. The molecule has 0 bridgehead atoms. The van der Waals surface area contributed by atoms with Gasteiger partial charge in [0.15, 0.2) is 0 Å². The van der Waals surface area contributed by atoms with Gasteiger partial charge in [0.1, 0.15) is 18.6 Å². The molecule has 0 saturated heterocycles. The van der Waals surface area contributed by atoms with Crippen LogP contribution in [0, 0.1) is 6.92 Å². The summed E-state index contributed by atoms with van der Waals surface area (Å²) in [5, 5.41) is 0. The molecule has 2 aromatic rings. The van der Waals surface area contributed by atoms with E-state index >= 15 is 0 Å². The Morgan fingerprint density at radius 2 is 2.23 bits per heavy atom. The quantitative estimate of drug-likeness (QED) is 0.486. The van der Waals surface area contributed by atoms with Gasteiger partial charge in [-0.15, -0.1) is 0 Å². The molecule has 0 aliphatic rings. The molecule has 0 fully saturated rings. The van der Waals surface area contributed by atoms with Gasteiger partial charge in [0.05, 0.1) is 12.7 Å². The number of nitrogens with one attached hydrogen (secondary N) is 1. The predicted octanol–water partition coefficient (Wildman–Crippen LogP) is -3.24. The summed E-state index contributed by atoms with van der Waals surface area (Å²) in [6, 6.07) is 0. The fourth-order valence-corrected chi connectivity index (χ4v) is 1.35. The zero-order valence-electron chi connectivity index (χ0n) is 7.41. The van der Waals surface area contributed by atoms with Gasteiger partial charge >= 0.3 is 11.2 Å². The molecule has 0 aliphatic heterocycles. The Hall–Kier alpha value is -1.10. The lowest BCUT2D eigenvalue weighted by Crippen LogP contribution is -3.00. The molecule has 0 spiro atoms. The maximum absolute atomic E-state index is 11.4. The fraction of sp³-hybridized carbons (Fsp3) is 0.250. The minimum absolute atomic E-state index is 0. The van der Waals surface area contributed by atoms with E-state index in [1.165, 1.54) is 0 Å². The van der Waals surface area contributed by atoms with Crippen LogP contribution in [-0.4, -0.2) is 9.38 Å². The van der Waals surface area contributed by atoms with E-state index in [0.717, 1.165) is 5.69 Å². The lowest BCUT2D eigenvalue weighted by atomic mass is 10.5. The second-order valence-electron chi connectivity index (χ2n) is 2.91. The number of aromatic amines is 1. The number of hydrogen-bond donors (Lipinski definition) is 1. The number of fused-ring (bicyclic) bond motifs is 1. The van der Waals surface area contributed by atoms with Crippen LogP contribution in [0.4, 0.5) is 0 Å². The summed E-state index contributed by atoms with van der Waals surface area (Å²) < 4.78 is 3.60. The number of hydrogen-bond acceptors (Lipinski definition) is 1. The molecule has 0 atom stereocenters. The van der Waals surface area contributed by atoms with Crippen molar-refractivity contribution in [3.63, 3.8) is 0 Å². The Kier molecular flexibility index (Phi) is 2.56. The lowest BCUT2D eigenvalue weighted by molar-refractivity contribution is -0.645. The van der Waals surface area contributed by atoms with Gasteiger partial charge in [-0.25, -0.2) is 4.57 Å². The zero-order valence-corrected chi connectivity index (χ0v) is 9.00. The SMILES string of the molecule is Cc1cn2cc[n+](C)c2c(=O)[nH]1.[Br-]. The van der Waals surface area contributed by atoms with E-state index in [-0.39, 0.29) is 22.5 Å². The van der Waals surface area contributed by atoms with Crippen molar-refractivity contribution in [2.75, 3.05) is 0 Å². The summed E-state index contributed by atoms with van der Waals surface area (Å²) in [4.78, 5) is 14.1. The summed E-state index contributed by atoms with van der Waals surface area (Å²) in [6.07, 6.45) is 5.60. The number of nitrogens with zero attached hydrogens (tertiary/aromatic N) is 2. The summed E-state index contributed by atoms with van der Waals surface area (Å²) in [7, 11) is 1.85. The minimum Gasteiger partial charge on any atom is -1.00 e. The normalized spacial score (nSPS) is 10.0. The van der Waals surface area contributed by atoms with Crippen LogP contribution in [0.25, 0.3) is 5.65 Å². The largest absolute Gasteiger partial charge is 1.00 e. The predicted molar refractivity (Wildman–Crippen MR) is 43.9 cm³/mol. The van der Waals surface area contributed by atoms with Crippen LogP contribution in [0.2, 0.25) is 0 Å². The average molecular weight is 244 g/mol. The number of rotatable bonds is 0. The molecule has 4 nitrogen and oxygen atoms in total. The van der Waals surface area contributed by atoms with Gasteiger partial charge in [0.25, 0.3) is 0 Å². The van der Waals surface area contributed by atoms with E-state index in [0.29, 0.717) is 5.65 Å². The molecule has 2 aromatic heterocycles. The van der Waals surface area contributed by atoms with Gasteiger partial charge in [-0.05, 0) is 6.92 Å². The Labute approximate surface area is 85.6 Å². The van der Waals surface area contributed by atoms with Crippen LogP contribution in [0.1, 0.15) is 5.69 Å². The second-order valence-corrected chi connectivity index (χ2v) is 2.91. The van der Waals surface area contributed by atoms with Crippen molar-refractivity contribution < 1.29 is 21.5 Å². The highest BCUT2D eigenvalue weighted by Crippen LogP contribution is 1.91. The van der Waals surface area contributed by atoms with Crippen LogP contribution in [0.3, 0.4) is 0 Å². The molecular formula is C8H10BrN3O. The highest BCUT2D eigenvalue weighted by molar-refractivity contribution is 5.28. The molecule has 0 saturated carbocycles. The third-order valence-corrected chi connectivity index (χ3v) is 1.88. The molecule has 70 valence electrons. The number of halogens is 1. The van der Waals surface area contributed by atoms with Crippen molar-refractivity contribution in [1.82, 2.24) is 9.38 Å². The summed E-state index contributed by atoms with van der Waals surface area (Å²) in [5.41, 5.74) is 1.46. The highest BCUT2D eigenvalue weighted by atomic mass is 79.9. The first-order valence-electron chi connectivity index (χ1n) is 3.75. The van der Waals surface area contributed by atoms with Crippen LogP contribution < -0.4 is 27.1 Å². The zero-order chi connectivity index (χ0) is 8.72. The van der Waals surface area contributed by atoms with E-state index in [1.807, 2.05) is 37.0 Å². The van der Waals surface area contributed by atoms with Crippen molar-refractivity contribution >= 4 is 5.65 Å². The van der Waals surface area contributed by atoms with Crippen LogP contribution in [0.5, 0.6) is 0 Å². The first-order chi connectivity index (χ1) is 5.68. The van der Waals surface area contributed by atoms with Gasteiger partial charge < -0.3 is 22.0 Å². The van der Waals surface area contributed by atoms with Crippen LogP contribution in [0.15, 0.2) is 23.4 Å². The maximum Gasteiger partial charge on any atom is 0.352 e. The monoisotopic (exact) mass is 243 g/mol. The van der Waals surface area contributed by atoms with Gasteiger partial charge in [-0.2, -0.15) is 4.40 Å². The molecule has 0 aromatic carbocycles. The Morgan fingerprint density at radius 3 is 2.92 bits per heavy atom. The summed E-state index contributed by atoms with van der Waals surface area (Å²) in [6.45, 7) is 1.86. The Bertz CT molecular complexity index is 486. The van der Waals surface area contributed by atoms with E-state index < -0.39 is 0 Å². The average Bonchev–Trinajstić information content (AvgIpc) is 2.31. The summed E-state index contributed by atoms with van der Waals surface area (Å²) >= 11 is 0. The van der Waals surface area contributed by atoms with Crippen molar-refractivity contribution in [1.29, 1.82) is 0 Å². The summed E-state index contributed by atoms with van der Waals surface area (Å²) in [5.74, 6) is 0. The van der Waals surface area contributed by atoms with Gasteiger partial charge in [0, 0.05) is 0 Å². The molecule has 2 rings (SSSR count). The lowest BCUT2D eigenvalue weighted by Gasteiger charge is -1.89. The number of H-pyrrole nitrogens is 1. The molecule has 0 unspecified atom stereocenters. The van der Waals surface area contributed by atoms with E-state index in [1.54, 1.807) is 4.57 Å². The highest BCUT2D eigenvalue weighted by Gasteiger charge is 2.10. The first kappa shape index (κ1) is 9.98. The molecule has 13 heavy (non-hydrogen) atoms. The van der Waals surface area contributed by atoms with Crippen molar-refractivity contribution in [3.8, 4) is 0 Å². The minimum atomic E-state index is -0.0532. The van der Waals surface area contributed by atoms with Crippen molar-refractivity contribution in [2.24, 2.45) is 7.05 Å². The van der Waals surface area contributed by atoms with Crippen LogP contribution in [-0.2, 0) is 7.05 Å². The number of imidazole rings is 1. The van der Waals surface area contributed by atoms with Crippen molar-refractivity contribution in [3.05, 3.63) is 34.6 Å². The first-order valence-corrected chi connectivity index (χ1v) is 3.75. The molecule has 0 radical (unpaired) electrons. The van der Waals surface area contributed by atoms with Gasteiger partial charge in [-0.1, -0.05) is 0 Å². The molecular weight excluding hydrogens is 234 g/mol. The Morgan fingerprint density at radius 1 is 1.54 bits per heavy atom.